The lowest BCUT2D eigenvalue weighted by molar-refractivity contribution is 0.101. The zero-order chi connectivity index (χ0) is 16.4. The van der Waals surface area contributed by atoms with Gasteiger partial charge in [-0.1, -0.05) is 13.0 Å². The minimum absolute atomic E-state index is 0.228. The van der Waals surface area contributed by atoms with E-state index >= 15 is 0 Å². The summed E-state index contributed by atoms with van der Waals surface area (Å²) >= 11 is 0. The molecule has 0 unspecified atom stereocenters. The van der Waals surface area contributed by atoms with Crippen LogP contribution in [0, 0.1) is 5.92 Å². The summed E-state index contributed by atoms with van der Waals surface area (Å²) in [5, 5.41) is 0. The minimum atomic E-state index is -3.73. The third kappa shape index (κ3) is 3.67. The number of hydrogen-bond donors (Lipinski definition) is 0. The van der Waals surface area contributed by atoms with Crippen molar-refractivity contribution in [3.63, 3.8) is 0 Å². The quantitative estimate of drug-likeness (QED) is 0.789. The van der Waals surface area contributed by atoms with Crippen LogP contribution in [-0.4, -0.2) is 62.4 Å². The molecule has 23 heavy (non-hydrogen) atoms. The van der Waals surface area contributed by atoms with Gasteiger partial charge in [0.15, 0.2) is 0 Å². The molecule has 0 saturated carbocycles. The van der Waals surface area contributed by atoms with Gasteiger partial charge in [0.2, 0.25) is 16.0 Å². The summed E-state index contributed by atoms with van der Waals surface area (Å²) < 4.78 is 40.4. The Labute approximate surface area is 138 Å². The summed E-state index contributed by atoms with van der Waals surface area (Å²) in [4.78, 5) is 5.91. The Morgan fingerprint density at radius 1 is 1.13 bits per heavy atom. The minimum Gasteiger partial charge on any atom is -0.300 e. The van der Waals surface area contributed by atoms with Crippen LogP contribution in [0.1, 0.15) is 39.0 Å². The fraction of sp³-hybridized carbons (Fsp3) is 0.812. The topological polar surface area (TPSA) is 53.0 Å². The summed E-state index contributed by atoms with van der Waals surface area (Å²) in [5.41, 5.74) is 0. The number of aliphatic imine (C=N–C) groups is 1. The highest BCUT2D eigenvalue weighted by atomic mass is 32.2. The second kappa shape index (κ2) is 6.99. The fourth-order valence-corrected chi connectivity index (χ4v) is 5.29. The highest BCUT2D eigenvalue weighted by Crippen LogP contribution is 2.27. The van der Waals surface area contributed by atoms with Gasteiger partial charge in [0.1, 0.15) is 4.91 Å². The van der Waals surface area contributed by atoms with Crippen molar-refractivity contribution in [1.29, 1.82) is 0 Å². The molecule has 3 rings (SSSR count). The summed E-state index contributed by atoms with van der Waals surface area (Å²) in [6.45, 7) is 5.81. The van der Waals surface area contributed by atoms with Crippen LogP contribution in [0.25, 0.3) is 0 Å². The first-order chi connectivity index (χ1) is 11.0. The predicted octanol–water partition coefficient (Wildman–Crippen LogP) is 2.17. The van der Waals surface area contributed by atoms with E-state index in [1.54, 1.807) is 0 Å². The molecule has 0 aromatic heterocycles. The highest BCUT2D eigenvalue weighted by Gasteiger charge is 2.35. The van der Waals surface area contributed by atoms with Crippen LogP contribution in [0.4, 0.5) is 4.39 Å². The second-order valence-corrected chi connectivity index (χ2v) is 8.79. The van der Waals surface area contributed by atoms with Crippen molar-refractivity contribution in [3.05, 3.63) is 11.0 Å². The van der Waals surface area contributed by atoms with E-state index in [2.05, 4.69) is 16.8 Å². The third-order valence-electron chi connectivity index (χ3n) is 5.29. The van der Waals surface area contributed by atoms with E-state index in [0.29, 0.717) is 32.1 Å². The molecule has 2 saturated heterocycles. The molecule has 3 aliphatic heterocycles. The lowest BCUT2D eigenvalue weighted by atomic mass is 9.95. The zero-order valence-electron chi connectivity index (χ0n) is 13.7. The van der Waals surface area contributed by atoms with Crippen LogP contribution in [0.2, 0.25) is 0 Å². The van der Waals surface area contributed by atoms with Crippen molar-refractivity contribution in [3.8, 4) is 0 Å². The molecule has 0 atom stereocenters. The van der Waals surface area contributed by atoms with Gasteiger partial charge in [-0.05, 0) is 51.1 Å². The summed E-state index contributed by atoms with van der Waals surface area (Å²) in [6.07, 6.45) is 6.08. The van der Waals surface area contributed by atoms with Gasteiger partial charge < -0.3 is 4.90 Å². The first-order valence-corrected chi connectivity index (χ1v) is 10.1. The van der Waals surface area contributed by atoms with Gasteiger partial charge in [-0.15, -0.1) is 0 Å². The van der Waals surface area contributed by atoms with Gasteiger partial charge in [-0.2, -0.15) is 8.70 Å². The first kappa shape index (κ1) is 17.0. The van der Waals surface area contributed by atoms with Crippen LogP contribution in [0.3, 0.4) is 0 Å². The van der Waals surface area contributed by atoms with Gasteiger partial charge in [-0.25, -0.2) is 8.42 Å². The largest absolute Gasteiger partial charge is 0.300 e. The second-order valence-electron chi connectivity index (χ2n) is 6.88. The Morgan fingerprint density at radius 3 is 2.39 bits per heavy atom. The molecule has 0 bridgehead atoms. The van der Waals surface area contributed by atoms with Gasteiger partial charge in [0.05, 0.1) is 0 Å². The van der Waals surface area contributed by atoms with Gasteiger partial charge in [0.25, 0.3) is 0 Å². The number of piperidine rings is 2. The molecule has 0 N–H and O–H groups in total. The van der Waals surface area contributed by atoms with Gasteiger partial charge in [-0.3, -0.25) is 4.99 Å². The molecule has 0 amide bonds. The molecule has 0 aliphatic carbocycles. The van der Waals surface area contributed by atoms with E-state index in [1.807, 2.05) is 0 Å². The molecule has 0 radical (unpaired) electrons. The molecule has 3 aliphatic rings. The fourth-order valence-electron chi connectivity index (χ4n) is 3.71. The third-order valence-corrected chi connectivity index (χ3v) is 7.22. The van der Waals surface area contributed by atoms with Crippen molar-refractivity contribution in [2.24, 2.45) is 10.9 Å². The number of nitrogens with zero attached hydrogens (tertiary/aromatic N) is 3. The van der Waals surface area contributed by atoms with Crippen molar-refractivity contribution in [2.75, 3.05) is 32.7 Å². The van der Waals surface area contributed by atoms with Crippen LogP contribution < -0.4 is 0 Å². The van der Waals surface area contributed by atoms with Gasteiger partial charge in [0, 0.05) is 25.7 Å². The van der Waals surface area contributed by atoms with Crippen molar-refractivity contribution in [2.45, 2.75) is 45.1 Å². The summed E-state index contributed by atoms with van der Waals surface area (Å²) in [5.74, 6) is -0.0318. The standard InChI is InChI=1S/C16H26FN3O2S/c1-13-4-9-19(10-5-13)14-6-11-20(12-7-14)23(21,22)15-3-2-8-18-16(15)17/h3,13-14H,2,4-12H2,1H3. The van der Waals surface area contributed by atoms with Crippen molar-refractivity contribution >= 4 is 16.0 Å². The Hall–Kier alpha value is -0.790. The Kier molecular flexibility index (Phi) is 5.18. The van der Waals surface area contributed by atoms with E-state index in [0.717, 1.165) is 31.8 Å². The number of dihydropyridines is 1. The Morgan fingerprint density at radius 2 is 1.78 bits per heavy atom. The van der Waals surface area contributed by atoms with Crippen LogP contribution in [0.15, 0.2) is 16.0 Å². The summed E-state index contributed by atoms with van der Waals surface area (Å²) in [6, 6.07) is 0.466. The number of allylic oxidation sites excluding steroid dienone is 1. The molecule has 0 spiro atoms. The van der Waals surface area contributed by atoms with E-state index in [1.165, 1.54) is 23.2 Å². The number of likely N-dealkylation sites (tertiary alicyclic amines) is 1. The molecule has 0 aromatic carbocycles. The molecule has 7 heteroatoms. The Bertz CT molecular complexity index is 586. The lowest BCUT2D eigenvalue weighted by Crippen LogP contribution is -2.49. The molecule has 2 fully saturated rings. The molecule has 3 heterocycles. The number of hydrogen-bond acceptors (Lipinski definition) is 4. The van der Waals surface area contributed by atoms with E-state index in [4.69, 9.17) is 0 Å². The molecule has 130 valence electrons. The predicted molar refractivity (Wildman–Crippen MR) is 89.6 cm³/mol. The van der Waals surface area contributed by atoms with Crippen LogP contribution >= 0.6 is 0 Å². The Balaban J connectivity index is 1.60. The first-order valence-electron chi connectivity index (χ1n) is 8.63. The number of sulfonamides is 1. The molecular weight excluding hydrogens is 317 g/mol. The molecular formula is C16H26FN3O2S. The number of halogens is 1. The molecule has 0 aromatic rings. The maximum absolute atomic E-state index is 13.8. The van der Waals surface area contributed by atoms with Crippen LogP contribution in [0.5, 0.6) is 0 Å². The SMILES string of the molecule is CC1CCN(C2CCN(S(=O)(=O)C3=CCCN=C3F)CC2)CC1. The van der Waals surface area contributed by atoms with Gasteiger partial charge >= 0.3 is 0 Å². The van der Waals surface area contributed by atoms with Crippen molar-refractivity contribution < 1.29 is 12.8 Å². The van der Waals surface area contributed by atoms with E-state index < -0.39 is 16.0 Å². The zero-order valence-corrected chi connectivity index (χ0v) is 14.6. The highest BCUT2D eigenvalue weighted by molar-refractivity contribution is 7.94. The maximum Gasteiger partial charge on any atom is 0.247 e. The monoisotopic (exact) mass is 343 g/mol. The average Bonchev–Trinajstić information content (AvgIpc) is 2.56. The maximum atomic E-state index is 13.8. The lowest BCUT2D eigenvalue weighted by Gasteiger charge is -2.41. The molecule has 5 nitrogen and oxygen atoms in total. The van der Waals surface area contributed by atoms with Crippen LogP contribution in [-0.2, 0) is 10.0 Å². The average molecular weight is 343 g/mol. The van der Waals surface area contributed by atoms with E-state index in [-0.39, 0.29) is 4.91 Å². The van der Waals surface area contributed by atoms with E-state index in [9.17, 15) is 12.8 Å². The number of rotatable bonds is 3. The smallest absolute Gasteiger partial charge is 0.247 e. The summed E-state index contributed by atoms with van der Waals surface area (Å²) in [7, 11) is -3.73. The van der Waals surface area contributed by atoms with Crippen molar-refractivity contribution in [1.82, 2.24) is 9.21 Å². The normalized spacial score (nSPS) is 26.9.